The fraction of sp³-hybridized carbons (Fsp3) is 0.176. The van der Waals surface area contributed by atoms with E-state index in [9.17, 15) is 14.0 Å². The van der Waals surface area contributed by atoms with Crippen LogP contribution in [0.25, 0.3) is 44.5 Å². The molecule has 0 radical (unpaired) electrons. The fourth-order valence-corrected chi connectivity index (χ4v) is 5.55. The van der Waals surface area contributed by atoms with Gasteiger partial charge in [0.25, 0.3) is 11.8 Å². The van der Waals surface area contributed by atoms with Crippen LogP contribution in [0.2, 0.25) is 0 Å². The second-order valence-electron chi connectivity index (χ2n) is 10.9. The van der Waals surface area contributed by atoms with Gasteiger partial charge in [0.15, 0.2) is 5.58 Å². The third-order valence-electron chi connectivity index (χ3n) is 8.05. The summed E-state index contributed by atoms with van der Waals surface area (Å²) in [6.07, 6.45) is 4.65. The Morgan fingerprint density at radius 2 is 1.73 bits per heavy atom. The number of oxazole rings is 1. The molecule has 7 rings (SSSR count). The lowest BCUT2D eigenvalue weighted by Gasteiger charge is -2.17. The molecule has 0 spiro atoms. The normalized spacial score (nSPS) is 13.6. The van der Waals surface area contributed by atoms with E-state index in [0.29, 0.717) is 69.0 Å². The highest BCUT2D eigenvalue weighted by atomic mass is 19.1. The number of nitrogens with one attached hydrogen (secondary N) is 2. The van der Waals surface area contributed by atoms with Crippen molar-refractivity contribution in [2.24, 2.45) is 0 Å². The molecule has 2 N–H and O–H groups in total. The average Bonchev–Trinajstić information content (AvgIpc) is 3.51. The quantitative estimate of drug-likeness (QED) is 0.217. The Labute approximate surface area is 251 Å². The van der Waals surface area contributed by atoms with Gasteiger partial charge in [0.2, 0.25) is 5.89 Å². The predicted molar refractivity (Wildman–Crippen MR) is 162 cm³/mol. The number of benzene rings is 3. The van der Waals surface area contributed by atoms with E-state index in [2.05, 4.69) is 20.6 Å². The van der Waals surface area contributed by atoms with Crippen LogP contribution in [0.3, 0.4) is 0 Å². The van der Waals surface area contributed by atoms with Crippen LogP contribution in [0.15, 0.2) is 81.9 Å². The van der Waals surface area contributed by atoms with Gasteiger partial charge in [-0.25, -0.2) is 9.37 Å². The van der Waals surface area contributed by atoms with E-state index in [-0.39, 0.29) is 17.6 Å². The second kappa shape index (κ2) is 10.3. The average molecular weight is 591 g/mol. The van der Waals surface area contributed by atoms with E-state index >= 15 is 0 Å². The zero-order chi connectivity index (χ0) is 30.6. The number of carbonyl (C=O) groups is 2. The zero-order valence-corrected chi connectivity index (χ0v) is 24.2. The Morgan fingerprint density at radius 3 is 2.43 bits per heavy atom. The number of pyridine rings is 1. The molecule has 1 aliphatic rings. The van der Waals surface area contributed by atoms with E-state index < -0.39 is 5.54 Å². The van der Waals surface area contributed by atoms with E-state index in [0.717, 1.165) is 16.7 Å². The summed E-state index contributed by atoms with van der Waals surface area (Å²) in [5.74, 6) is 0.168. The third-order valence-corrected chi connectivity index (χ3v) is 8.05. The lowest BCUT2D eigenvalue weighted by molar-refractivity contribution is 0.0919. The van der Waals surface area contributed by atoms with Crippen LogP contribution in [-0.2, 0) is 5.54 Å². The molecule has 1 aliphatic carbocycles. The number of methoxy groups -OCH3 is 1. The second-order valence-corrected chi connectivity index (χ2v) is 10.9. The van der Waals surface area contributed by atoms with Crippen molar-refractivity contribution in [3.8, 4) is 28.2 Å². The molecule has 6 aromatic rings. The fourth-order valence-electron chi connectivity index (χ4n) is 5.55. The molecule has 1 fully saturated rings. The van der Waals surface area contributed by atoms with Crippen molar-refractivity contribution >= 4 is 33.9 Å². The summed E-state index contributed by atoms with van der Waals surface area (Å²) in [5, 5.41) is 6.40. The molecule has 0 bridgehead atoms. The molecule has 0 atom stereocenters. The van der Waals surface area contributed by atoms with Crippen molar-refractivity contribution in [2.75, 3.05) is 14.2 Å². The van der Waals surface area contributed by atoms with Crippen molar-refractivity contribution in [1.82, 2.24) is 20.6 Å². The van der Waals surface area contributed by atoms with Crippen LogP contribution >= 0.6 is 0 Å². The predicted octanol–water partition coefficient (Wildman–Crippen LogP) is 6.54. The number of furan rings is 1. The summed E-state index contributed by atoms with van der Waals surface area (Å²) in [7, 11) is 3.07. The van der Waals surface area contributed by atoms with Crippen LogP contribution in [-0.4, -0.2) is 35.9 Å². The number of aryl methyl sites for hydroxylation is 1. The van der Waals surface area contributed by atoms with Crippen LogP contribution in [0.1, 0.15) is 45.0 Å². The number of amides is 2. The number of aromatic nitrogens is 2. The van der Waals surface area contributed by atoms with Gasteiger partial charge in [0.1, 0.15) is 34.0 Å². The lowest BCUT2D eigenvalue weighted by Crippen LogP contribution is -2.35. The van der Waals surface area contributed by atoms with Gasteiger partial charge in [-0.2, -0.15) is 0 Å². The van der Waals surface area contributed by atoms with Crippen molar-refractivity contribution in [2.45, 2.75) is 25.3 Å². The Kier molecular flexibility index (Phi) is 6.42. The van der Waals surface area contributed by atoms with Crippen LogP contribution in [0.4, 0.5) is 4.39 Å². The van der Waals surface area contributed by atoms with Gasteiger partial charge in [-0.1, -0.05) is 6.07 Å². The lowest BCUT2D eigenvalue weighted by atomic mass is 9.95. The van der Waals surface area contributed by atoms with Gasteiger partial charge >= 0.3 is 0 Å². The highest BCUT2D eigenvalue weighted by Gasteiger charge is 2.50. The molecule has 0 saturated heterocycles. The Bertz CT molecular complexity index is 2060. The topological polar surface area (TPSA) is 119 Å². The van der Waals surface area contributed by atoms with Gasteiger partial charge in [-0.05, 0) is 85.0 Å². The molecule has 0 aliphatic heterocycles. The van der Waals surface area contributed by atoms with Gasteiger partial charge in [-0.15, -0.1) is 0 Å². The molecule has 3 heterocycles. The van der Waals surface area contributed by atoms with Crippen molar-refractivity contribution in [1.29, 1.82) is 0 Å². The summed E-state index contributed by atoms with van der Waals surface area (Å²) >= 11 is 0. The number of carbonyl (C=O) groups excluding carboxylic acids is 2. The maximum atomic E-state index is 13.8. The molecule has 44 heavy (non-hydrogen) atoms. The van der Waals surface area contributed by atoms with Crippen molar-refractivity contribution in [3.05, 3.63) is 101 Å². The van der Waals surface area contributed by atoms with E-state index in [1.807, 2.05) is 25.1 Å². The molecular formula is C34H27FN4O5. The molecule has 3 aromatic carbocycles. The minimum Gasteiger partial charge on any atom is -0.496 e. The first kappa shape index (κ1) is 27.3. The summed E-state index contributed by atoms with van der Waals surface area (Å²) in [6.45, 7) is 1.93. The molecule has 2 amide bonds. The molecule has 0 unspecified atom stereocenters. The molecule has 10 heteroatoms. The van der Waals surface area contributed by atoms with Gasteiger partial charge in [-0.3, -0.25) is 14.6 Å². The SMILES string of the molecule is CNC(=O)c1c(-c2ccc(F)cc2)oc2ccc(-c3cc(C(=O)NC4(c5nc6cnccc6o5)CC4)c(OC)cc3C)cc12. The highest BCUT2D eigenvalue weighted by Crippen LogP contribution is 2.46. The first-order chi connectivity index (χ1) is 21.3. The largest absolute Gasteiger partial charge is 0.496 e. The highest BCUT2D eigenvalue weighted by molar-refractivity contribution is 6.12. The van der Waals surface area contributed by atoms with Gasteiger partial charge in [0, 0.05) is 30.3 Å². The van der Waals surface area contributed by atoms with E-state index in [1.54, 1.807) is 49.8 Å². The van der Waals surface area contributed by atoms with Gasteiger partial charge in [0.05, 0.1) is 24.4 Å². The number of nitrogens with zero attached hydrogens (tertiary/aromatic N) is 2. The van der Waals surface area contributed by atoms with E-state index in [4.69, 9.17) is 13.6 Å². The van der Waals surface area contributed by atoms with Crippen molar-refractivity contribution in [3.63, 3.8) is 0 Å². The van der Waals surface area contributed by atoms with Crippen LogP contribution in [0, 0.1) is 12.7 Å². The number of ether oxygens (including phenoxy) is 1. The van der Waals surface area contributed by atoms with Crippen LogP contribution in [0.5, 0.6) is 5.75 Å². The Morgan fingerprint density at radius 1 is 0.955 bits per heavy atom. The van der Waals surface area contributed by atoms with Crippen LogP contribution < -0.4 is 15.4 Å². The first-order valence-corrected chi connectivity index (χ1v) is 14.1. The standard InChI is InChI=1S/C34H27FN4O5/c1-18-14-28(42-3)24(31(40)39-34(11-12-34)33-38-25-17-37-13-10-27(25)44-33)16-22(18)20-6-9-26-23(15-20)29(32(41)36-2)30(43-26)19-4-7-21(35)8-5-19/h4-10,13-17H,11-12H2,1-3H3,(H,36,41)(H,39,40). The maximum Gasteiger partial charge on any atom is 0.255 e. The summed E-state index contributed by atoms with van der Waals surface area (Å²) in [6, 6.07) is 16.7. The first-order valence-electron chi connectivity index (χ1n) is 14.1. The van der Waals surface area contributed by atoms with E-state index in [1.165, 1.54) is 19.2 Å². The monoisotopic (exact) mass is 590 g/mol. The number of rotatable bonds is 7. The Hall–Kier alpha value is -5.51. The van der Waals surface area contributed by atoms with Crippen molar-refractivity contribution < 1.29 is 27.6 Å². The third kappa shape index (κ3) is 4.55. The zero-order valence-electron chi connectivity index (χ0n) is 24.2. The summed E-state index contributed by atoms with van der Waals surface area (Å²) < 4.78 is 31.3. The summed E-state index contributed by atoms with van der Waals surface area (Å²) in [5.41, 5.74) is 4.72. The number of hydrogen-bond donors (Lipinski definition) is 2. The summed E-state index contributed by atoms with van der Waals surface area (Å²) in [4.78, 5) is 35.5. The number of halogens is 1. The molecule has 9 nitrogen and oxygen atoms in total. The Balaban J connectivity index is 1.28. The number of fused-ring (bicyclic) bond motifs is 2. The maximum absolute atomic E-state index is 13.8. The smallest absolute Gasteiger partial charge is 0.255 e. The van der Waals surface area contributed by atoms with Gasteiger partial charge < -0.3 is 24.2 Å². The molecular weight excluding hydrogens is 563 g/mol. The number of hydrogen-bond acceptors (Lipinski definition) is 7. The molecule has 3 aromatic heterocycles. The minimum absolute atomic E-state index is 0.324. The molecule has 1 saturated carbocycles. The minimum atomic E-state index is -0.707. The molecule has 220 valence electrons.